The van der Waals surface area contributed by atoms with E-state index in [9.17, 15) is 9.59 Å². The first kappa shape index (κ1) is 12.5. The molecule has 0 atom stereocenters. The third-order valence-corrected chi connectivity index (χ3v) is 3.85. The lowest BCUT2D eigenvalue weighted by molar-refractivity contribution is 0.0965. The van der Waals surface area contributed by atoms with Crippen LogP contribution in [0, 0.1) is 18.3 Å². The van der Waals surface area contributed by atoms with Crippen LogP contribution in [0.5, 0.6) is 0 Å². The molecule has 0 bridgehead atoms. The van der Waals surface area contributed by atoms with Crippen LogP contribution >= 0.6 is 0 Å². The van der Waals surface area contributed by atoms with E-state index in [-0.39, 0.29) is 11.3 Å². The standard InChI is InChI=1S/C17H9N3O2/c1-9-2-4-11-12(6-9)16(21)20-15(11)19-14-5-3-10(8-18)7-13(14)17(20)22/h2-7H,1H3. The van der Waals surface area contributed by atoms with Gasteiger partial charge in [0.05, 0.1) is 28.1 Å². The zero-order chi connectivity index (χ0) is 15.4. The van der Waals surface area contributed by atoms with Crippen LogP contribution in [0.1, 0.15) is 21.5 Å². The molecule has 0 amide bonds. The molecule has 0 saturated carbocycles. The van der Waals surface area contributed by atoms with Crippen molar-refractivity contribution >= 4 is 16.8 Å². The van der Waals surface area contributed by atoms with E-state index in [1.165, 1.54) is 6.07 Å². The molecule has 5 heteroatoms. The van der Waals surface area contributed by atoms with Crippen LogP contribution in [0.15, 0.2) is 41.2 Å². The summed E-state index contributed by atoms with van der Waals surface area (Å²) < 4.78 is 1.09. The second kappa shape index (κ2) is 4.12. The molecule has 1 aromatic heterocycles. The molecule has 5 nitrogen and oxygen atoms in total. The van der Waals surface area contributed by atoms with E-state index >= 15 is 0 Å². The minimum atomic E-state index is -0.434. The molecule has 2 aromatic carbocycles. The van der Waals surface area contributed by atoms with Crippen LogP contribution in [0.4, 0.5) is 0 Å². The highest BCUT2D eigenvalue weighted by molar-refractivity contribution is 6.09. The fourth-order valence-corrected chi connectivity index (χ4v) is 2.77. The van der Waals surface area contributed by atoms with Gasteiger partial charge in [-0.3, -0.25) is 9.59 Å². The molecule has 0 unspecified atom stereocenters. The first-order valence-corrected chi connectivity index (χ1v) is 6.73. The van der Waals surface area contributed by atoms with Crippen molar-refractivity contribution in [2.24, 2.45) is 0 Å². The summed E-state index contributed by atoms with van der Waals surface area (Å²) in [6.45, 7) is 1.89. The van der Waals surface area contributed by atoms with Crippen LogP contribution in [0.25, 0.3) is 22.3 Å². The number of aryl methyl sites for hydroxylation is 1. The van der Waals surface area contributed by atoms with E-state index in [1.54, 1.807) is 18.2 Å². The second-order valence-corrected chi connectivity index (χ2v) is 5.27. The summed E-state index contributed by atoms with van der Waals surface area (Å²) in [7, 11) is 0. The Balaban J connectivity index is 2.14. The molecule has 2 heterocycles. The predicted molar refractivity (Wildman–Crippen MR) is 80.6 cm³/mol. The molecule has 0 saturated heterocycles. The average Bonchev–Trinajstić information content (AvgIpc) is 2.80. The summed E-state index contributed by atoms with van der Waals surface area (Å²) in [6, 6.07) is 12.2. The van der Waals surface area contributed by atoms with Gasteiger partial charge in [0, 0.05) is 5.56 Å². The Bertz CT molecular complexity index is 1090. The number of aromatic nitrogens is 2. The normalized spacial score (nSPS) is 12.1. The minimum absolute atomic E-state index is 0.278. The van der Waals surface area contributed by atoms with E-state index in [0.29, 0.717) is 28.0 Å². The highest BCUT2D eigenvalue weighted by Gasteiger charge is 2.29. The van der Waals surface area contributed by atoms with E-state index in [2.05, 4.69) is 4.98 Å². The van der Waals surface area contributed by atoms with Crippen LogP contribution in [0.3, 0.4) is 0 Å². The summed E-state index contributed by atoms with van der Waals surface area (Å²) in [6.07, 6.45) is 0. The maximum Gasteiger partial charge on any atom is 0.268 e. The van der Waals surface area contributed by atoms with Crippen molar-refractivity contribution in [3.8, 4) is 17.5 Å². The number of nitriles is 1. The molecule has 0 N–H and O–H groups in total. The highest BCUT2D eigenvalue weighted by atomic mass is 16.2. The SMILES string of the molecule is Cc1ccc2c(c1)C(=O)n1c-2nc2ccc(C#N)cc2c1=O. The van der Waals surface area contributed by atoms with Crippen molar-refractivity contribution in [1.29, 1.82) is 5.26 Å². The first-order valence-electron chi connectivity index (χ1n) is 6.73. The lowest BCUT2D eigenvalue weighted by Gasteiger charge is -2.04. The topological polar surface area (TPSA) is 75.8 Å². The van der Waals surface area contributed by atoms with E-state index in [1.807, 2.05) is 25.1 Å². The highest BCUT2D eigenvalue weighted by Crippen LogP contribution is 2.30. The fraction of sp³-hybridized carbons (Fsp3) is 0.0588. The molecule has 0 aliphatic carbocycles. The number of rotatable bonds is 0. The van der Waals surface area contributed by atoms with Crippen molar-refractivity contribution < 1.29 is 4.79 Å². The maximum absolute atomic E-state index is 12.6. The Morgan fingerprint density at radius 3 is 2.68 bits per heavy atom. The van der Waals surface area contributed by atoms with Crippen LogP contribution < -0.4 is 5.56 Å². The van der Waals surface area contributed by atoms with Gasteiger partial charge in [-0.25, -0.2) is 9.55 Å². The molecule has 1 aliphatic rings. The number of fused-ring (bicyclic) bond motifs is 4. The van der Waals surface area contributed by atoms with Gasteiger partial charge in [-0.05, 0) is 31.2 Å². The summed E-state index contributed by atoms with van der Waals surface area (Å²) in [4.78, 5) is 29.6. The van der Waals surface area contributed by atoms with Crippen molar-refractivity contribution in [1.82, 2.24) is 9.55 Å². The van der Waals surface area contributed by atoms with Crippen molar-refractivity contribution in [2.45, 2.75) is 6.92 Å². The number of nitrogens with zero attached hydrogens (tertiary/aromatic N) is 3. The molecule has 0 radical (unpaired) electrons. The molecular weight excluding hydrogens is 278 g/mol. The smallest absolute Gasteiger partial charge is 0.268 e. The predicted octanol–water partition coefficient (Wildman–Crippen LogP) is 2.25. The summed E-state index contributed by atoms with van der Waals surface area (Å²) in [5, 5.41) is 9.24. The number of hydrogen-bond acceptors (Lipinski definition) is 4. The van der Waals surface area contributed by atoms with Crippen molar-refractivity contribution in [3.05, 3.63) is 63.4 Å². The molecular formula is C17H9N3O2. The Morgan fingerprint density at radius 2 is 1.91 bits per heavy atom. The Hall–Kier alpha value is -3.26. The Labute approximate surface area is 125 Å². The van der Waals surface area contributed by atoms with Crippen molar-refractivity contribution in [3.63, 3.8) is 0 Å². The molecule has 22 heavy (non-hydrogen) atoms. The summed E-state index contributed by atoms with van der Waals surface area (Å²) in [5.74, 6) is -0.00216. The quantitative estimate of drug-likeness (QED) is 0.497. The zero-order valence-electron chi connectivity index (χ0n) is 11.6. The zero-order valence-corrected chi connectivity index (χ0v) is 11.6. The summed E-state index contributed by atoms with van der Waals surface area (Å²) in [5.41, 5.74) is 2.52. The molecule has 0 spiro atoms. The average molecular weight is 287 g/mol. The Kier molecular flexibility index (Phi) is 2.34. The first-order chi connectivity index (χ1) is 10.6. The lowest BCUT2D eigenvalue weighted by atomic mass is 10.1. The van der Waals surface area contributed by atoms with Crippen molar-refractivity contribution in [2.75, 3.05) is 0 Å². The third kappa shape index (κ3) is 1.49. The number of hydrogen-bond donors (Lipinski definition) is 0. The third-order valence-electron chi connectivity index (χ3n) is 3.85. The molecule has 104 valence electrons. The number of carbonyl (C=O) groups excluding carboxylic acids is 1. The van der Waals surface area contributed by atoms with Gasteiger partial charge in [-0.1, -0.05) is 17.7 Å². The number of carbonyl (C=O) groups is 1. The fourth-order valence-electron chi connectivity index (χ4n) is 2.77. The minimum Gasteiger partial charge on any atom is -0.268 e. The molecule has 3 aromatic rings. The summed E-state index contributed by atoms with van der Waals surface area (Å²) >= 11 is 0. The van der Waals surface area contributed by atoms with Gasteiger partial charge < -0.3 is 0 Å². The van der Waals surface area contributed by atoms with Gasteiger partial charge in [0.2, 0.25) is 0 Å². The van der Waals surface area contributed by atoms with Crippen LogP contribution in [-0.4, -0.2) is 15.5 Å². The monoisotopic (exact) mass is 287 g/mol. The van der Waals surface area contributed by atoms with Gasteiger partial charge in [0.25, 0.3) is 11.5 Å². The van der Waals surface area contributed by atoms with E-state index < -0.39 is 5.56 Å². The van der Waals surface area contributed by atoms with Gasteiger partial charge in [0.1, 0.15) is 0 Å². The molecule has 0 fully saturated rings. The molecule has 1 aliphatic heterocycles. The van der Waals surface area contributed by atoms with Gasteiger partial charge in [-0.2, -0.15) is 5.26 Å². The maximum atomic E-state index is 12.6. The van der Waals surface area contributed by atoms with Gasteiger partial charge >= 0.3 is 0 Å². The van der Waals surface area contributed by atoms with Crippen LogP contribution in [0.2, 0.25) is 0 Å². The largest absolute Gasteiger partial charge is 0.268 e. The van der Waals surface area contributed by atoms with E-state index in [0.717, 1.165) is 10.1 Å². The molecule has 4 rings (SSSR count). The van der Waals surface area contributed by atoms with E-state index in [4.69, 9.17) is 5.26 Å². The number of benzene rings is 2. The van der Waals surface area contributed by atoms with Crippen LogP contribution in [-0.2, 0) is 0 Å². The van der Waals surface area contributed by atoms with Gasteiger partial charge in [0.15, 0.2) is 5.82 Å². The lowest BCUT2D eigenvalue weighted by Crippen LogP contribution is -2.25. The Morgan fingerprint density at radius 1 is 1.09 bits per heavy atom. The van der Waals surface area contributed by atoms with Gasteiger partial charge in [-0.15, -0.1) is 0 Å². The second-order valence-electron chi connectivity index (χ2n) is 5.27.